The van der Waals surface area contributed by atoms with Gasteiger partial charge in [-0.15, -0.1) is 0 Å². The van der Waals surface area contributed by atoms with Gasteiger partial charge in [0, 0.05) is 21.4 Å². The van der Waals surface area contributed by atoms with Crippen molar-refractivity contribution in [2.24, 2.45) is 5.92 Å². The number of para-hydroxylation sites is 1. The van der Waals surface area contributed by atoms with E-state index in [2.05, 4.69) is 55.1 Å². The molecule has 0 aliphatic carbocycles. The molecule has 1 unspecified atom stereocenters. The Labute approximate surface area is 149 Å². The van der Waals surface area contributed by atoms with Crippen LogP contribution in [0.25, 0.3) is 0 Å². The molecule has 1 aliphatic heterocycles. The molecule has 1 heterocycles. The third kappa shape index (κ3) is 3.87. The average molecular weight is 346 g/mol. The van der Waals surface area contributed by atoms with Crippen molar-refractivity contribution in [3.8, 4) is 0 Å². The van der Waals surface area contributed by atoms with Crippen LogP contribution in [0.1, 0.15) is 39.5 Å². The van der Waals surface area contributed by atoms with Crippen molar-refractivity contribution in [3.63, 3.8) is 0 Å². The first-order chi connectivity index (χ1) is 11.2. The molecule has 3 heteroatoms. The summed E-state index contributed by atoms with van der Waals surface area (Å²) in [5, 5.41) is 0.813. The topological polar surface area (TPSA) is 3.24 Å². The van der Waals surface area contributed by atoms with Crippen molar-refractivity contribution >= 4 is 34.7 Å². The second kappa shape index (κ2) is 7.63. The first-order valence-electron chi connectivity index (χ1n) is 8.53. The average Bonchev–Trinajstić information content (AvgIpc) is 2.55. The van der Waals surface area contributed by atoms with Crippen molar-refractivity contribution in [3.05, 3.63) is 47.5 Å². The lowest BCUT2D eigenvalue weighted by molar-refractivity contribution is 0.472. The Morgan fingerprint density at radius 2 is 1.83 bits per heavy atom. The van der Waals surface area contributed by atoms with Crippen molar-refractivity contribution in [2.75, 3.05) is 11.4 Å². The molecule has 0 aromatic heterocycles. The number of rotatable bonds is 6. The lowest BCUT2D eigenvalue weighted by atomic mass is 10.00. The molecule has 23 heavy (non-hydrogen) atoms. The second-order valence-corrected chi connectivity index (χ2v) is 7.89. The van der Waals surface area contributed by atoms with E-state index < -0.39 is 0 Å². The van der Waals surface area contributed by atoms with Crippen LogP contribution in [0.2, 0.25) is 5.02 Å². The van der Waals surface area contributed by atoms with Crippen molar-refractivity contribution < 1.29 is 0 Å². The SMILES string of the molecule is CCCC(C)CCCN1c2ccccc2Sc2ccc(Cl)cc21. The van der Waals surface area contributed by atoms with Gasteiger partial charge in [-0.05, 0) is 49.1 Å². The summed E-state index contributed by atoms with van der Waals surface area (Å²) in [6.45, 7) is 5.69. The predicted octanol–water partition coefficient (Wildman–Crippen LogP) is 7.16. The number of anilines is 2. The number of fused-ring (bicyclic) bond motifs is 2. The van der Waals surface area contributed by atoms with E-state index in [1.54, 1.807) is 0 Å². The van der Waals surface area contributed by atoms with Gasteiger partial charge in [0.15, 0.2) is 0 Å². The zero-order valence-corrected chi connectivity index (χ0v) is 15.5. The van der Waals surface area contributed by atoms with E-state index in [1.165, 1.54) is 46.8 Å². The van der Waals surface area contributed by atoms with Gasteiger partial charge in [0.1, 0.15) is 0 Å². The largest absolute Gasteiger partial charge is 0.340 e. The van der Waals surface area contributed by atoms with Crippen LogP contribution in [0.15, 0.2) is 52.3 Å². The van der Waals surface area contributed by atoms with E-state index in [0.29, 0.717) is 0 Å². The fourth-order valence-electron chi connectivity index (χ4n) is 3.28. The maximum absolute atomic E-state index is 6.26. The second-order valence-electron chi connectivity index (χ2n) is 6.37. The molecule has 1 nitrogen and oxygen atoms in total. The summed E-state index contributed by atoms with van der Waals surface area (Å²) in [5.41, 5.74) is 2.57. The van der Waals surface area contributed by atoms with Gasteiger partial charge in [0.25, 0.3) is 0 Å². The molecule has 1 aliphatic rings. The summed E-state index contributed by atoms with van der Waals surface area (Å²) in [6, 6.07) is 14.9. The van der Waals surface area contributed by atoms with Crippen LogP contribution < -0.4 is 4.90 Å². The van der Waals surface area contributed by atoms with Crippen LogP contribution in [0.4, 0.5) is 11.4 Å². The molecule has 3 rings (SSSR count). The maximum atomic E-state index is 6.26. The van der Waals surface area contributed by atoms with E-state index in [0.717, 1.165) is 17.5 Å². The van der Waals surface area contributed by atoms with E-state index in [1.807, 2.05) is 17.8 Å². The van der Waals surface area contributed by atoms with Gasteiger partial charge in [-0.3, -0.25) is 0 Å². The smallest absolute Gasteiger partial charge is 0.0567 e. The summed E-state index contributed by atoms with van der Waals surface area (Å²) in [5.74, 6) is 0.813. The van der Waals surface area contributed by atoms with E-state index in [-0.39, 0.29) is 0 Å². The lowest BCUT2D eigenvalue weighted by Gasteiger charge is -2.33. The molecule has 0 spiro atoms. The van der Waals surface area contributed by atoms with E-state index >= 15 is 0 Å². The summed E-state index contributed by atoms with van der Waals surface area (Å²) < 4.78 is 0. The molecule has 0 saturated carbocycles. The Hall–Kier alpha value is -1.12. The van der Waals surface area contributed by atoms with Crippen LogP contribution in [0, 0.1) is 5.92 Å². The van der Waals surface area contributed by atoms with Gasteiger partial charge < -0.3 is 4.90 Å². The molecule has 0 saturated heterocycles. The van der Waals surface area contributed by atoms with Gasteiger partial charge >= 0.3 is 0 Å². The van der Waals surface area contributed by atoms with Gasteiger partial charge in [-0.25, -0.2) is 0 Å². The minimum atomic E-state index is 0.813. The molecule has 0 amide bonds. The monoisotopic (exact) mass is 345 g/mol. The molecular formula is C20H24ClNS. The first-order valence-corrected chi connectivity index (χ1v) is 9.72. The lowest BCUT2D eigenvalue weighted by Crippen LogP contribution is -2.22. The molecular weight excluding hydrogens is 322 g/mol. The summed E-state index contributed by atoms with van der Waals surface area (Å²) in [4.78, 5) is 5.09. The van der Waals surface area contributed by atoms with Gasteiger partial charge in [0.05, 0.1) is 11.4 Å². The number of nitrogens with zero attached hydrogens (tertiary/aromatic N) is 1. The Kier molecular flexibility index (Phi) is 5.55. The molecule has 0 fully saturated rings. The van der Waals surface area contributed by atoms with Crippen LogP contribution in [0.3, 0.4) is 0 Å². The highest BCUT2D eigenvalue weighted by Gasteiger charge is 2.23. The zero-order chi connectivity index (χ0) is 16.2. The highest BCUT2D eigenvalue weighted by Crippen LogP contribution is 2.48. The number of benzene rings is 2. The number of hydrogen-bond donors (Lipinski definition) is 0. The van der Waals surface area contributed by atoms with Gasteiger partial charge in [0.2, 0.25) is 0 Å². The quantitative estimate of drug-likeness (QED) is 0.546. The summed E-state index contributed by atoms with van der Waals surface area (Å²) in [6.07, 6.45) is 5.11. The molecule has 1 atom stereocenters. The van der Waals surface area contributed by atoms with E-state index in [4.69, 9.17) is 11.6 Å². The Balaban J connectivity index is 1.82. The highest BCUT2D eigenvalue weighted by atomic mass is 35.5. The molecule has 122 valence electrons. The van der Waals surface area contributed by atoms with Crippen molar-refractivity contribution in [1.29, 1.82) is 0 Å². The minimum absolute atomic E-state index is 0.813. The maximum Gasteiger partial charge on any atom is 0.0567 e. The van der Waals surface area contributed by atoms with Crippen LogP contribution in [-0.2, 0) is 0 Å². The Bertz CT molecular complexity index is 670. The Morgan fingerprint density at radius 3 is 2.65 bits per heavy atom. The zero-order valence-electron chi connectivity index (χ0n) is 13.9. The van der Waals surface area contributed by atoms with Crippen LogP contribution in [0.5, 0.6) is 0 Å². The third-order valence-electron chi connectivity index (χ3n) is 4.45. The first kappa shape index (κ1) is 16.7. The van der Waals surface area contributed by atoms with E-state index in [9.17, 15) is 0 Å². The van der Waals surface area contributed by atoms with Gasteiger partial charge in [-0.1, -0.05) is 62.2 Å². The van der Waals surface area contributed by atoms with Gasteiger partial charge in [-0.2, -0.15) is 0 Å². The molecule has 0 radical (unpaired) electrons. The molecule has 2 aromatic rings. The number of halogens is 1. The fourth-order valence-corrected chi connectivity index (χ4v) is 4.52. The molecule has 0 N–H and O–H groups in total. The van der Waals surface area contributed by atoms with Crippen molar-refractivity contribution in [1.82, 2.24) is 0 Å². The third-order valence-corrected chi connectivity index (χ3v) is 5.81. The van der Waals surface area contributed by atoms with Crippen LogP contribution >= 0.6 is 23.4 Å². The molecule has 2 aromatic carbocycles. The van der Waals surface area contributed by atoms with Crippen LogP contribution in [-0.4, -0.2) is 6.54 Å². The minimum Gasteiger partial charge on any atom is -0.340 e. The van der Waals surface area contributed by atoms with Crippen molar-refractivity contribution in [2.45, 2.75) is 49.3 Å². The normalized spacial score (nSPS) is 14.3. The molecule has 0 bridgehead atoms. The summed E-state index contributed by atoms with van der Waals surface area (Å²) >= 11 is 8.10. The predicted molar refractivity (Wildman–Crippen MR) is 102 cm³/mol. The standard InChI is InChI=1S/C20H24ClNS/c1-3-7-15(2)8-6-13-22-17-9-4-5-10-19(17)23-20-12-11-16(21)14-18(20)22/h4-5,9-12,14-15H,3,6-8,13H2,1-2H3. The highest BCUT2D eigenvalue weighted by molar-refractivity contribution is 7.99. The summed E-state index contributed by atoms with van der Waals surface area (Å²) in [7, 11) is 0. The fraction of sp³-hybridized carbons (Fsp3) is 0.400. The Morgan fingerprint density at radius 1 is 1.04 bits per heavy atom. The number of hydrogen-bond acceptors (Lipinski definition) is 2.